The molecule has 2 amide bonds. The van der Waals surface area contributed by atoms with Crippen molar-refractivity contribution in [2.75, 3.05) is 6.54 Å². The average molecular weight is 419 g/mol. The quantitative estimate of drug-likeness (QED) is 0.761. The predicted octanol–water partition coefficient (Wildman–Crippen LogP) is 3.90. The van der Waals surface area contributed by atoms with Crippen molar-refractivity contribution in [3.63, 3.8) is 0 Å². The summed E-state index contributed by atoms with van der Waals surface area (Å²) in [4.78, 5) is 24.6. The van der Waals surface area contributed by atoms with Gasteiger partial charge in [0, 0.05) is 16.1 Å². The van der Waals surface area contributed by atoms with Crippen molar-refractivity contribution in [3.05, 3.63) is 34.3 Å². The predicted molar refractivity (Wildman–Crippen MR) is 105 cm³/mol. The lowest BCUT2D eigenvalue weighted by Crippen LogP contribution is -2.56. The Balaban J connectivity index is 1.31. The van der Waals surface area contributed by atoms with E-state index in [1.54, 1.807) is 12.1 Å². The fourth-order valence-corrected chi connectivity index (χ4v) is 6.28. The second-order valence-electron chi connectivity index (χ2n) is 8.76. The maximum Gasteiger partial charge on any atom is 0.251 e. The molecule has 4 bridgehead atoms. The molecule has 0 spiro atoms. The molecule has 0 radical (unpaired) electrons. The van der Waals surface area contributed by atoms with Crippen molar-refractivity contribution < 1.29 is 9.59 Å². The van der Waals surface area contributed by atoms with Crippen LogP contribution in [0.1, 0.15) is 55.8 Å². The molecular formula is C21H27BrN2O2. The fraction of sp³-hybridized carbons (Fsp3) is 0.619. The van der Waals surface area contributed by atoms with Gasteiger partial charge in [-0.3, -0.25) is 9.59 Å². The lowest BCUT2D eigenvalue weighted by molar-refractivity contribution is -0.124. The van der Waals surface area contributed by atoms with Gasteiger partial charge in [0.1, 0.15) is 0 Å². The largest absolute Gasteiger partial charge is 0.352 e. The van der Waals surface area contributed by atoms with E-state index in [0.717, 1.165) is 22.2 Å². The Morgan fingerprint density at radius 2 is 1.62 bits per heavy atom. The zero-order chi connectivity index (χ0) is 18.3. The van der Waals surface area contributed by atoms with Crippen LogP contribution in [0.5, 0.6) is 0 Å². The molecule has 0 aromatic heterocycles. The number of hydrogen-bond donors (Lipinski definition) is 2. The first-order chi connectivity index (χ1) is 12.4. The van der Waals surface area contributed by atoms with Crippen molar-refractivity contribution in [1.29, 1.82) is 0 Å². The highest BCUT2D eigenvalue weighted by Crippen LogP contribution is 2.61. The van der Waals surface area contributed by atoms with Crippen LogP contribution in [0.25, 0.3) is 0 Å². The van der Waals surface area contributed by atoms with Gasteiger partial charge in [0.25, 0.3) is 5.91 Å². The van der Waals surface area contributed by atoms with Gasteiger partial charge < -0.3 is 10.6 Å². The maximum absolute atomic E-state index is 12.4. The third kappa shape index (κ3) is 3.55. The summed E-state index contributed by atoms with van der Waals surface area (Å²) >= 11 is 3.35. The van der Waals surface area contributed by atoms with Crippen molar-refractivity contribution in [2.45, 2.75) is 51.5 Å². The molecule has 140 valence electrons. The summed E-state index contributed by atoms with van der Waals surface area (Å²) in [6.45, 7) is 2.20. The van der Waals surface area contributed by atoms with Crippen LogP contribution in [0.2, 0.25) is 0 Å². The van der Waals surface area contributed by atoms with E-state index in [2.05, 4.69) is 33.5 Å². The number of halogens is 1. The topological polar surface area (TPSA) is 58.2 Å². The van der Waals surface area contributed by atoms with Crippen LogP contribution < -0.4 is 10.6 Å². The fourth-order valence-electron chi connectivity index (χ4n) is 6.02. The molecule has 5 heteroatoms. The first kappa shape index (κ1) is 18.0. The highest BCUT2D eigenvalue weighted by molar-refractivity contribution is 9.10. The number of nitrogens with one attached hydrogen (secondary N) is 2. The van der Waals surface area contributed by atoms with Gasteiger partial charge in [0.05, 0.1) is 6.54 Å². The Kier molecular flexibility index (Phi) is 4.84. The Bertz CT molecular complexity index is 665. The zero-order valence-electron chi connectivity index (χ0n) is 15.3. The van der Waals surface area contributed by atoms with Crippen LogP contribution in [0.3, 0.4) is 0 Å². The molecule has 0 saturated heterocycles. The zero-order valence-corrected chi connectivity index (χ0v) is 16.8. The summed E-state index contributed by atoms with van der Waals surface area (Å²) in [6.07, 6.45) is 8.03. The van der Waals surface area contributed by atoms with E-state index in [1.807, 2.05) is 12.1 Å². The second kappa shape index (κ2) is 6.99. The molecule has 4 aliphatic carbocycles. The van der Waals surface area contributed by atoms with E-state index in [9.17, 15) is 9.59 Å². The van der Waals surface area contributed by atoms with E-state index in [-0.39, 0.29) is 24.4 Å². The molecule has 2 N–H and O–H groups in total. The van der Waals surface area contributed by atoms with Crippen molar-refractivity contribution in [2.24, 2.45) is 23.2 Å². The minimum atomic E-state index is -0.213. The first-order valence-corrected chi connectivity index (χ1v) is 10.6. The van der Waals surface area contributed by atoms with E-state index in [4.69, 9.17) is 0 Å². The first-order valence-electron chi connectivity index (χ1n) is 9.77. The van der Waals surface area contributed by atoms with Gasteiger partial charge in [-0.05, 0) is 92.9 Å². The summed E-state index contributed by atoms with van der Waals surface area (Å²) in [5, 5.41) is 5.92. The minimum Gasteiger partial charge on any atom is -0.352 e. The number of hydrogen-bond acceptors (Lipinski definition) is 2. The van der Waals surface area contributed by atoms with Crippen LogP contribution in [0, 0.1) is 23.2 Å². The van der Waals surface area contributed by atoms with Crippen LogP contribution in [-0.4, -0.2) is 24.4 Å². The monoisotopic (exact) mass is 418 g/mol. The molecule has 0 heterocycles. The molecule has 1 aromatic rings. The molecule has 1 aromatic carbocycles. The van der Waals surface area contributed by atoms with Crippen LogP contribution >= 0.6 is 15.9 Å². The molecule has 4 fully saturated rings. The third-order valence-corrected chi connectivity index (χ3v) is 7.43. The Morgan fingerprint density at radius 3 is 2.15 bits per heavy atom. The van der Waals surface area contributed by atoms with Gasteiger partial charge >= 0.3 is 0 Å². The van der Waals surface area contributed by atoms with Crippen LogP contribution in [0.15, 0.2) is 28.7 Å². The van der Waals surface area contributed by atoms with Crippen molar-refractivity contribution >= 4 is 27.7 Å². The number of carbonyl (C=O) groups is 2. The van der Waals surface area contributed by atoms with E-state index in [0.29, 0.717) is 11.0 Å². The highest BCUT2D eigenvalue weighted by Gasteiger charge is 2.53. The molecule has 1 unspecified atom stereocenters. The SMILES string of the molecule is CC(NC(=O)CNC(=O)c1ccc(Br)cc1)C12CC3CC(CC(C3)C1)C2. The number of benzene rings is 1. The standard InChI is InChI=1S/C21H27BrN2O2/c1-13(21-9-14-6-15(10-21)8-16(7-14)11-21)24-19(25)12-23-20(26)17-2-4-18(22)5-3-17/h2-5,13-16H,6-12H2,1H3,(H,23,26)(H,24,25). The molecule has 26 heavy (non-hydrogen) atoms. The minimum absolute atomic E-state index is 0.0333. The molecule has 0 aliphatic heterocycles. The molecule has 4 nitrogen and oxygen atoms in total. The molecule has 4 saturated carbocycles. The van der Waals surface area contributed by atoms with Gasteiger partial charge in [0.2, 0.25) is 5.91 Å². The van der Waals surface area contributed by atoms with Crippen LogP contribution in [0.4, 0.5) is 0 Å². The summed E-state index contributed by atoms with van der Waals surface area (Å²) in [5.74, 6) is 2.32. The summed E-state index contributed by atoms with van der Waals surface area (Å²) in [5.41, 5.74) is 0.857. The Hall–Kier alpha value is -1.36. The number of carbonyl (C=O) groups excluding carboxylic acids is 2. The van der Waals surface area contributed by atoms with Crippen LogP contribution in [-0.2, 0) is 4.79 Å². The van der Waals surface area contributed by atoms with Gasteiger partial charge in [-0.15, -0.1) is 0 Å². The van der Waals surface area contributed by atoms with Crippen molar-refractivity contribution in [1.82, 2.24) is 10.6 Å². The second-order valence-corrected chi connectivity index (χ2v) is 9.67. The molecule has 5 rings (SSSR count). The van der Waals surface area contributed by atoms with Gasteiger partial charge in [0.15, 0.2) is 0 Å². The van der Waals surface area contributed by atoms with Crippen molar-refractivity contribution in [3.8, 4) is 0 Å². The average Bonchev–Trinajstić information content (AvgIpc) is 2.59. The summed E-state index contributed by atoms with van der Waals surface area (Å²) < 4.78 is 0.927. The van der Waals surface area contributed by atoms with E-state index in [1.165, 1.54) is 38.5 Å². The highest BCUT2D eigenvalue weighted by atomic mass is 79.9. The Labute approximate surface area is 163 Å². The number of rotatable bonds is 5. The lowest BCUT2D eigenvalue weighted by atomic mass is 9.48. The maximum atomic E-state index is 12.4. The summed E-state index contributed by atoms with van der Waals surface area (Å²) in [7, 11) is 0. The normalized spacial score (nSPS) is 32.9. The Morgan fingerprint density at radius 1 is 1.08 bits per heavy atom. The van der Waals surface area contributed by atoms with Gasteiger partial charge in [-0.25, -0.2) is 0 Å². The van der Waals surface area contributed by atoms with E-state index >= 15 is 0 Å². The smallest absolute Gasteiger partial charge is 0.251 e. The summed E-state index contributed by atoms with van der Waals surface area (Å²) in [6, 6.07) is 7.33. The molecule has 4 aliphatic rings. The van der Waals surface area contributed by atoms with E-state index < -0.39 is 0 Å². The van der Waals surface area contributed by atoms with Gasteiger partial charge in [-0.1, -0.05) is 15.9 Å². The molecule has 1 atom stereocenters. The van der Waals surface area contributed by atoms with Gasteiger partial charge in [-0.2, -0.15) is 0 Å². The third-order valence-electron chi connectivity index (χ3n) is 6.90. The molecular weight excluding hydrogens is 392 g/mol. The lowest BCUT2D eigenvalue weighted by Gasteiger charge is -2.59. The number of amides is 2.